The fourth-order valence-electron chi connectivity index (χ4n) is 3.52. The summed E-state index contributed by atoms with van der Waals surface area (Å²) in [5, 5.41) is 8.96. The standard InChI is InChI=1S/C20H31N3O4.ClH/c1-21(15-20(25)26)17-7-5-10-23(11-9-17)14-19(24)22(2)13-16-6-4-8-18(12-16)27-3;/h4,6,8,12,17H,5,7,9-11,13-15H2,1-3H3,(H,25,26);1H. The van der Waals surface area contributed by atoms with E-state index in [4.69, 9.17) is 9.84 Å². The molecule has 1 aliphatic heterocycles. The first-order valence-electron chi connectivity index (χ1n) is 9.40. The number of halogens is 1. The van der Waals surface area contributed by atoms with Gasteiger partial charge in [-0.25, -0.2) is 0 Å². The number of aliphatic carboxylic acids is 1. The SMILES string of the molecule is COc1cccc(CN(C)C(=O)CN2CCCC(N(C)CC(=O)O)CC2)c1.Cl. The van der Waals surface area contributed by atoms with Crippen molar-refractivity contribution in [2.24, 2.45) is 0 Å². The second-order valence-corrected chi connectivity index (χ2v) is 7.27. The Morgan fingerprint density at radius 3 is 2.68 bits per heavy atom. The van der Waals surface area contributed by atoms with Crippen molar-refractivity contribution in [3.8, 4) is 5.75 Å². The second kappa shape index (κ2) is 11.9. The van der Waals surface area contributed by atoms with Crippen LogP contribution in [0.4, 0.5) is 0 Å². The van der Waals surface area contributed by atoms with Gasteiger partial charge in [-0.2, -0.15) is 0 Å². The highest BCUT2D eigenvalue weighted by Gasteiger charge is 2.23. The third-order valence-corrected chi connectivity index (χ3v) is 5.14. The molecule has 1 N–H and O–H groups in total. The third kappa shape index (κ3) is 7.66. The Hall–Kier alpha value is -1.83. The molecular formula is C20H32ClN3O4. The molecule has 1 aliphatic rings. The van der Waals surface area contributed by atoms with E-state index in [0.717, 1.165) is 43.7 Å². The highest BCUT2D eigenvalue weighted by atomic mass is 35.5. The van der Waals surface area contributed by atoms with E-state index in [-0.39, 0.29) is 30.9 Å². The average Bonchev–Trinajstić information content (AvgIpc) is 2.87. The van der Waals surface area contributed by atoms with Gasteiger partial charge in [0.15, 0.2) is 0 Å². The van der Waals surface area contributed by atoms with Gasteiger partial charge in [0.1, 0.15) is 5.75 Å². The molecule has 8 heteroatoms. The maximum Gasteiger partial charge on any atom is 0.317 e. The fraction of sp³-hybridized carbons (Fsp3) is 0.600. The molecule has 0 radical (unpaired) electrons. The van der Waals surface area contributed by atoms with Gasteiger partial charge in [-0.15, -0.1) is 12.4 Å². The normalized spacial score (nSPS) is 17.5. The molecule has 0 saturated carbocycles. The lowest BCUT2D eigenvalue weighted by Crippen LogP contribution is -2.39. The molecule has 1 amide bonds. The Morgan fingerprint density at radius 2 is 2.00 bits per heavy atom. The maximum absolute atomic E-state index is 12.6. The molecule has 1 aromatic carbocycles. The minimum atomic E-state index is -0.798. The zero-order valence-corrected chi connectivity index (χ0v) is 17.8. The molecule has 158 valence electrons. The van der Waals surface area contributed by atoms with E-state index in [2.05, 4.69) is 4.90 Å². The molecule has 0 aromatic heterocycles. The largest absolute Gasteiger partial charge is 0.497 e. The number of rotatable bonds is 8. The van der Waals surface area contributed by atoms with E-state index >= 15 is 0 Å². The Labute approximate surface area is 173 Å². The highest BCUT2D eigenvalue weighted by Crippen LogP contribution is 2.17. The summed E-state index contributed by atoms with van der Waals surface area (Å²) in [6.07, 6.45) is 2.83. The van der Waals surface area contributed by atoms with E-state index in [0.29, 0.717) is 13.1 Å². The number of hydrogen-bond acceptors (Lipinski definition) is 5. The predicted octanol–water partition coefficient (Wildman–Crippen LogP) is 1.95. The van der Waals surface area contributed by atoms with E-state index in [9.17, 15) is 9.59 Å². The summed E-state index contributed by atoms with van der Waals surface area (Å²) in [7, 11) is 5.32. The van der Waals surface area contributed by atoms with E-state index in [1.165, 1.54) is 0 Å². The van der Waals surface area contributed by atoms with Gasteiger partial charge in [-0.1, -0.05) is 12.1 Å². The first-order valence-corrected chi connectivity index (χ1v) is 9.40. The van der Waals surface area contributed by atoms with Crippen molar-refractivity contribution in [3.05, 3.63) is 29.8 Å². The molecule has 28 heavy (non-hydrogen) atoms. The number of benzene rings is 1. The van der Waals surface area contributed by atoms with Crippen LogP contribution in [0.3, 0.4) is 0 Å². The van der Waals surface area contributed by atoms with Crippen LogP contribution in [0.2, 0.25) is 0 Å². The van der Waals surface area contributed by atoms with Crippen LogP contribution < -0.4 is 4.74 Å². The van der Waals surface area contributed by atoms with Crippen LogP contribution in [0.25, 0.3) is 0 Å². The zero-order chi connectivity index (χ0) is 19.8. The minimum Gasteiger partial charge on any atom is -0.497 e. The number of nitrogens with zero attached hydrogens (tertiary/aromatic N) is 3. The van der Waals surface area contributed by atoms with Crippen LogP contribution in [0, 0.1) is 0 Å². The van der Waals surface area contributed by atoms with Crippen molar-refractivity contribution in [3.63, 3.8) is 0 Å². The number of amides is 1. The summed E-state index contributed by atoms with van der Waals surface area (Å²) in [6.45, 7) is 2.69. The van der Waals surface area contributed by atoms with Crippen molar-refractivity contribution >= 4 is 24.3 Å². The summed E-state index contributed by atoms with van der Waals surface area (Å²) in [5.41, 5.74) is 1.04. The van der Waals surface area contributed by atoms with Crippen LogP contribution in [0.15, 0.2) is 24.3 Å². The van der Waals surface area contributed by atoms with Gasteiger partial charge in [0, 0.05) is 26.2 Å². The number of methoxy groups -OCH3 is 1. The topological polar surface area (TPSA) is 73.3 Å². The summed E-state index contributed by atoms with van der Waals surface area (Å²) >= 11 is 0. The van der Waals surface area contributed by atoms with Gasteiger partial charge in [-0.05, 0) is 50.6 Å². The second-order valence-electron chi connectivity index (χ2n) is 7.27. The molecule has 1 atom stereocenters. The summed E-state index contributed by atoms with van der Waals surface area (Å²) in [6, 6.07) is 8.01. The first kappa shape index (κ1) is 24.2. The Morgan fingerprint density at radius 1 is 1.25 bits per heavy atom. The lowest BCUT2D eigenvalue weighted by atomic mass is 10.1. The molecule has 1 unspecified atom stereocenters. The Kier molecular flexibility index (Phi) is 10.3. The van der Waals surface area contributed by atoms with Gasteiger partial charge in [-0.3, -0.25) is 19.4 Å². The molecular weight excluding hydrogens is 382 g/mol. The minimum absolute atomic E-state index is 0. The number of hydrogen-bond donors (Lipinski definition) is 1. The molecule has 2 rings (SSSR count). The first-order chi connectivity index (χ1) is 12.9. The highest BCUT2D eigenvalue weighted by molar-refractivity contribution is 5.85. The van der Waals surface area contributed by atoms with E-state index in [1.807, 2.05) is 43.3 Å². The molecule has 1 aromatic rings. The smallest absolute Gasteiger partial charge is 0.317 e. The number of likely N-dealkylation sites (N-methyl/N-ethyl adjacent to an activating group) is 2. The summed E-state index contributed by atoms with van der Waals surface area (Å²) in [4.78, 5) is 29.3. The number of carboxylic acids is 1. The molecule has 7 nitrogen and oxygen atoms in total. The van der Waals surface area contributed by atoms with Crippen LogP contribution in [0.1, 0.15) is 24.8 Å². The molecule has 0 aliphatic carbocycles. The van der Waals surface area contributed by atoms with Crippen molar-refractivity contribution in [2.75, 3.05) is 47.4 Å². The zero-order valence-electron chi connectivity index (χ0n) is 17.0. The quantitative estimate of drug-likeness (QED) is 0.702. The number of ether oxygens (including phenoxy) is 1. The maximum atomic E-state index is 12.6. The van der Waals surface area contributed by atoms with Crippen LogP contribution in [-0.4, -0.2) is 85.1 Å². The molecule has 0 spiro atoms. The number of carboxylic acid groups (broad SMARTS) is 1. The van der Waals surface area contributed by atoms with Crippen molar-refractivity contribution in [1.82, 2.24) is 14.7 Å². The lowest BCUT2D eigenvalue weighted by molar-refractivity contribution is -0.138. The number of carbonyl (C=O) groups is 2. The Balaban J connectivity index is 0.00000392. The van der Waals surface area contributed by atoms with Crippen molar-refractivity contribution < 1.29 is 19.4 Å². The Bertz CT molecular complexity index is 644. The van der Waals surface area contributed by atoms with Gasteiger partial charge >= 0.3 is 5.97 Å². The van der Waals surface area contributed by atoms with Crippen LogP contribution in [0.5, 0.6) is 5.75 Å². The van der Waals surface area contributed by atoms with Crippen molar-refractivity contribution in [2.45, 2.75) is 31.8 Å². The van der Waals surface area contributed by atoms with Gasteiger partial charge in [0.25, 0.3) is 0 Å². The monoisotopic (exact) mass is 413 g/mol. The fourth-order valence-corrected chi connectivity index (χ4v) is 3.52. The summed E-state index contributed by atoms with van der Waals surface area (Å²) < 4.78 is 5.23. The van der Waals surface area contributed by atoms with E-state index < -0.39 is 5.97 Å². The summed E-state index contributed by atoms with van der Waals surface area (Å²) in [5.74, 6) is 0.0838. The van der Waals surface area contributed by atoms with Gasteiger partial charge in [0.05, 0.1) is 20.2 Å². The molecule has 1 saturated heterocycles. The van der Waals surface area contributed by atoms with Crippen molar-refractivity contribution in [1.29, 1.82) is 0 Å². The third-order valence-electron chi connectivity index (χ3n) is 5.14. The van der Waals surface area contributed by atoms with E-state index in [1.54, 1.807) is 12.0 Å². The molecule has 0 bridgehead atoms. The van der Waals surface area contributed by atoms with Crippen LogP contribution >= 0.6 is 12.4 Å². The molecule has 1 fully saturated rings. The predicted molar refractivity (Wildman–Crippen MR) is 111 cm³/mol. The number of carbonyl (C=O) groups excluding carboxylic acids is 1. The lowest BCUT2D eigenvalue weighted by Gasteiger charge is -2.26. The van der Waals surface area contributed by atoms with Crippen LogP contribution in [-0.2, 0) is 16.1 Å². The molecule has 1 heterocycles. The average molecular weight is 414 g/mol. The number of likely N-dealkylation sites (tertiary alicyclic amines) is 1. The van der Waals surface area contributed by atoms with Gasteiger partial charge < -0.3 is 14.7 Å². The van der Waals surface area contributed by atoms with Gasteiger partial charge in [0.2, 0.25) is 5.91 Å².